The molecule has 0 saturated heterocycles. The minimum absolute atomic E-state index is 0.0848. The van der Waals surface area contributed by atoms with Gasteiger partial charge < -0.3 is 10.2 Å². The molecule has 2 heteroatoms. The number of rotatable bonds is 5. The van der Waals surface area contributed by atoms with Crippen molar-refractivity contribution in [3.05, 3.63) is 23.8 Å². The van der Waals surface area contributed by atoms with Crippen molar-refractivity contribution in [3.8, 4) is 0 Å². The van der Waals surface area contributed by atoms with Crippen LogP contribution in [0.3, 0.4) is 0 Å². The molecule has 0 spiro atoms. The molecule has 0 aromatic heterocycles. The zero-order valence-electron chi connectivity index (χ0n) is 20.2. The summed E-state index contributed by atoms with van der Waals surface area (Å²) in [5.74, 6) is 2.88. The molecule has 0 aromatic rings. The highest BCUT2D eigenvalue weighted by Crippen LogP contribution is 2.67. The van der Waals surface area contributed by atoms with Crippen molar-refractivity contribution in [1.82, 2.24) is 0 Å². The minimum Gasteiger partial charge on any atom is -0.393 e. The molecule has 4 aliphatic carbocycles. The van der Waals surface area contributed by atoms with Crippen molar-refractivity contribution in [2.24, 2.45) is 40.4 Å². The Kier molecular flexibility index (Phi) is 5.85. The Morgan fingerprint density at radius 1 is 1.13 bits per heavy atom. The molecule has 4 rings (SSSR count). The molecule has 0 heterocycles. The Labute approximate surface area is 185 Å². The van der Waals surface area contributed by atoms with Crippen molar-refractivity contribution in [3.63, 3.8) is 0 Å². The smallest absolute Gasteiger partial charge is 0.0656 e. The first-order valence-electron chi connectivity index (χ1n) is 12.8. The van der Waals surface area contributed by atoms with Crippen LogP contribution in [0.2, 0.25) is 0 Å². The van der Waals surface area contributed by atoms with Gasteiger partial charge in [0.2, 0.25) is 0 Å². The lowest BCUT2D eigenvalue weighted by Crippen LogP contribution is -2.51. The van der Waals surface area contributed by atoms with E-state index >= 15 is 0 Å². The van der Waals surface area contributed by atoms with Crippen molar-refractivity contribution >= 4 is 0 Å². The molecule has 0 aliphatic heterocycles. The fourth-order valence-electron chi connectivity index (χ4n) is 8.39. The Balaban J connectivity index is 1.54. The molecule has 0 bridgehead atoms. The van der Waals surface area contributed by atoms with E-state index in [1.807, 2.05) is 0 Å². The SMILES string of the molecule is C=C(CCC(C)(O)C1CCC2C3=CCC4CC(O)CCC4(C)C3CCC21C)C(C)C. The molecule has 30 heavy (non-hydrogen) atoms. The monoisotopic (exact) mass is 414 g/mol. The minimum atomic E-state index is -0.606. The number of hydrogen-bond acceptors (Lipinski definition) is 2. The second kappa shape index (κ2) is 7.77. The topological polar surface area (TPSA) is 40.5 Å². The summed E-state index contributed by atoms with van der Waals surface area (Å²) >= 11 is 0. The number of allylic oxidation sites excluding steroid dienone is 3. The van der Waals surface area contributed by atoms with Gasteiger partial charge in [0, 0.05) is 0 Å². The van der Waals surface area contributed by atoms with Crippen LogP contribution in [0.15, 0.2) is 23.8 Å². The van der Waals surface area contributed by atoms with Gasteiger partial charge in [-0.2, -0.15) is 0 Å². The van der Waals surface area contributed by atoms with Gasteiger partial charge in [-0.25, -0.2) is 0 Å². The number of fused-ring (bicyclic) bond motifs is 5. The quantitative estimate of drug-likeness (QED) is 0.493. The number of aliphatic hydroxyl groups excluding tert-OH is 1. The molecule has 3 saturated carbocycles. The summed E-state index contributed by atoms with van der Waals surface area (Å²) in [5.41, 5.74) is 3.00. The molecule has 2 N–H and O–H groups in total. The van der Waals surface area contributed by atoms with Crippen LogP contribution in [0.4, 0.5) is 0 Å². The molecule has 0 radical (unpaired) electrons. The lowest BCUT2D eigenvalue weighted by Gasteiger charge is -2.58. The van der Waals surface area contributed by atoms with E-state index in [1.165, 1.54) is 31.3 Å². The predicted octanol–water partition coefficient (Wildman–Crippen LogP) is 6.67. The first kappa shape index (κ1) is 22.6. The Morgan fingerprint density at radius 2 is 1.80 bits per heavy atom. The van der Waals surface area contributed by atoms with Gasteiger partial charge in [-0.05, 0) is 112 Å². The van der Waals surface area contributed by atoms with Gasteiger partial charge in [-0.3, -0.25) is 0 Å². The van der Waals surface area contributed by atoms with E-state index in [4.69, 9.17) is 0 Å². The van der Waals surface area contributed by atoms with Gasteiger partial charge in [0.15, 0.2) is 0 Å². The summed E-state index contributed by atoms with van der Waals surface area (Å²) in [6.45, 7) is 15.8. The van der Waals surface area contributed by atoms with Crippen LogP contribution < -0.4 is 0 Å². The summed E-state index contributed by atoms with van der Waals surface area (Å²) in [6.07, 6.45) is 13.5. The average molecular weight is 415 g/mol. The second-order valence-electron chi connectivity index (χ2n) is 12.5. The van der Waals surface area contributed by atoms with E-state index in [-0.39, 0.29) is 11.5 Å². The molecule has 0 amide bonds. The average Bonchev–Trinajstić information content (AvgIpc) is 3.04. The number of hydrogen-bond donors (Lipinski definition) is 2. The third kappa shape index (κ3) is 3.54. The fraction of sp³-hybridized carbons (Fsp3) is 0.857. The second-order valence-corrected chi connectivity index (χ2v) is 12.5. The Bertz CT molecular complexity index is 703. The van der Waals surface area contributed by atoms with Gasteiger partial charge in [0.05, 0.1) is 11.7 Å². The van der Waals surface area contributed by atoms with Crippen LogP contribution in [0.1, 0.15) is 98.8 Å². The van der Waals surface area contributed by atoms with Crippen LogP contribution in [0, 0.1) is 40.4 Å². The highest BCUT2D eigenvalue weighted by molar-refractivity contribution is 5.28. The van der Waals surface area contributed by atoms with E-state index in [1.54, 1.807) is 5.57 Å². The third-order valence-electron chi connectivity index (χ3n) is 10.6. The molecule has 8 unspecified atom stereocenters. The molecular formula is C28H46O2. The van der Waals surface area contributed by atoms with Crippen LogP contribution in [-0.2, 0) is 0 Å². The van der Waals surface area contributed by atoms with E-state index in [9.17, 15) is 10.2 Å². The molecule has 170 valence electrons. The Morgan fingerprint density at radius 3 is 2.50 bits per heavy atom. The molecular weight excluding hydrogens is 368 g/mol. The van der Waals surface area contributed by atoms with Crippen LogP contribution in [0.25, 0.3) is 0 Å². The first-order valence-corrected chi connectivity index (χ1v) is 12.8. The fourth-order valence-corrected chi connectivity index (χ4v) is 8.39. The summed E-state index contributed by atoms with van der Waals surface area (Å²) in [5, 5.41) is 21.9. The van der Waals surface area contributed by atoms with Crippen LogP contribution in [0.5, 0.6) is 0 Å². The highest BCUT2D eigenvalue weighted by atomic mass is 16.3. The van der Waals surface area contributed by atoms with E-state index < -0.39 is 5.60 Å². The Hall–Kier alpha value is -0.600. The normalized spacial score (nSPS) is 45.2. The lowest BCUT2D eigenvalue weighted by molar-refractivity contribution is -0.0824. The number of aliphatic hydroxyl groups is 2. The lowest BCUT2D eigenvalue weighted by atomic mass is 9.47. The van der Waals surface area contributed by atoms with Gasteiger partial charge in [-0.15, -0.1) is 0 Å². The van der Waals surface area contributed by atoms with Gasteiger partial charge in [-0.1, -0.05) is 51.5 Å². The zero-order valence-corrected chi connectivity index (χ0v) is 20.2. The third-order valence-corrected chi connectivity index (χ3v) is 10.6. The van der Waals surface area contributed by atoms with Crippen molar-refractivity contribution in [2.75, 3.05) is 0 Å². The van der Waals surface area contributed by atoms with E-state index in [0.717, 1.165) is 38.5 Å². The zero-order chi connectivity index (χ0) is 21.9. The van der Waals surface area contributed by atoms with E-state index in [0.29, 0.717) is 35.0 Å². The molecule has 0 aromatic carbocycles. The summed E-state index contributed by atoms with van der Waals surface area (Å²) in [7, 11) is 0. The van der Waals surface area contributed by atoms with Crippen LogP contribution >= 0.6 is 0 Å². The molecule has 8 atom stereocenters. The van der Waals surface area contributed by atoms with Crippen LogP contribution in [-0.4, -0.2) is 21.9 Å². The first-order chi connectivity index (χ1) is 14.0. The summed E-state index contributed by atoms with van der Waals surface area (Å²) in [4.78, 5) is 0. The standard InChI is InChI=1S/C28H46O2/c1-18(2)19(3)11-16-28(6,30)25-10-9-23-22-8-7-20-17-21(29)12-14-26(20,4)24(22)13-15-27(23,25)5/h8,18,20-21,23-25,29-30H,3,7,9-17H2,1-2,4-6H3. The van der Waals surface area contributed by atoms with Crippen molar-refractivity contribution in [2.45, 2.75) is 111 Å². The van der Waals surface area contributed by atoms with Gasteiger partial charge >= 0.3 is 0 Å². The molecule has 4 aliphatic rings. The maximum absolute atomic E-state index is 11.6. The summed E-state index contributed by atoms with van der Waals surface area (Å²) in [6, 6.07) is 0. The van der Waals surface area contributed by atoms with Gasteiger partial charge in [0.25, 0.3) is 0 Å². The van der Waals surface area contributed by atoms with Crippen molar-refractivity contribution in [1.29, 1.82) is 0 Å². The summed E-state index contributed by atoms with van der Waals surface area (Å²) < 4.78 is 0. The highest BCUT2D eigenvalue weighted by Gasteiger charge is 2.60. The van der Waals surface area contributed by atoms with Crippen molar-refractivity contribution < 1.29 is 10.2 Å². The molecule has 3 fully saturated rings. The predicted molar refractivity (Wildman–Crippen MR) is 125 cm³/mol. The largest absolute Gasteiger partial charge is 0.393 e. The molecule has 2 nitrogen and oxygen atoms in total. The maximum Gasteiger partial charge on any atom is 0.0656 e. The van der Waals surface area contributed by atoms with E-state index in [2.05, 4.69) is 47.3 Å². The van der Waals surface area contributed by atoms with Gasteiger partial charge in [0.1, 0.15) is 0 Å². The maximum atomic E-state index is 11.6.